The number of rotatable bonds is 7. The van der Waals surface area contributed by atoms with Crippen LogP contribution < -0.4 is 9.19 Å². The van der Waals surface area contributed by atoms with E-state index in [1.54, 1.807) is 0 Å². The second-order valence-corrected chi connectivity index (χ2v) is 17.2. The van der Waals surface area contributed by atoms with Crippen molar-refractivity contribution in [3.05, 3.63) is 186 Å². The van der Waals surface area contributed by atoms with Crippen molar-refractivity contribution in [1.29, 1.82) is 0 Å². The van der Waals surface area contributed by atoms with E-state index in [9.17, 15) is 0 Å². The van der Waals surface area contributed by atoms with Crippen molar-refractivity contribution in [2.24, 2.45) is 0 Å². The highest BCUT2D eigenvalue weighted by Gasteiger charge is 2.46. The molecule has 1 aliphatic carbocycles. The molecule has 0 saturated carbocycles. The maximum atomic E-state index is 7.06. The lowest BCUT2D eigenvalue weighted by Crippen LogP contribution is -2.33. The fourth-order valence-electron chi connectivity index (χ4n) is 6.96. The monoisotopic (exact) mass is 637 g/mol. The zero-order valence-electron chi connectivity index (χ0n) is 26.9. The maximum absolute atomic E-state index is 7.06. The van der Waals surface area contributed by atoms with E-state index in [2.05, 4.69) is 184 Å². The van der Waals surface area contributed by atoms with Crippen molar-refractivity contribution in [3.63, 3.8) is 0 Å². The Morgan fingerprint density at radius 3 is 1.50 bits per heavy atom. The first-order chi connectivity index (χ1) is 22.2. The van der Waals surface area contributed by atoms with E-state index in [-0.39, 0.29) is 22.4 Å². The summed E-state index contributed by atoms with van der Waals surface area (Å²) in [5.41, 5.74) is 8.14. The topological polar surface area (TPSA) is 12.5 Å². The summed E-state index contributed by atoms with van der Waals surface area (Å²) >= 11 is 6.81. The van der Waals surface area contributed by atoms with Crippen LogP contribution in [-0.4, -0.2) is 5.66 Å². The average molecular weight is 638 g/mol. The van der Waals surface area contributed by atoms with Gasteiger partial charge in [-0.15, -0.1) is 0 Å². The Morgan fingerprint density at radius 2 is 0.978 bits per heavy atom. The molecule has 0 N–H and O–H groups in total. The first-order valence-electron chi connectivity index (χ1n) is 16.1. The molecule has 0 radical (unpaired) electrons. The van der Waals surface area contributed by atoms with Gasteiger partial charge in [-0.3, -0.25) is 4.67 Å². The molecule has 2 aliphatic rings. The number of para-hydroxylation sites is 1. The van der Waals surface area contributed by atoms with E-state index in [4.69, 9.17) is 16.3 Å². The molecule has 0 aromatic heterocycles. The summed E-state index contributed by atoms with van der Waals surface area (Å²) in [6, 6.07) is 47.8. The minimum absolute atomic E-state index is 0.0308. The van der Waals surface area contributed by atoms with Gasteiger partial charge in [0.25, 0.3) is 0 Å². The van der Waals surface area contributed by atoms with E-state index in [1.807, 2.05) is 6.07 Å². The number of hydrogen-bond acceptors (Lipinski definition) is 2. The summed E-state index contributed by atoms with van der Waals surface area (Å²) in [7, 11) is 0. The van der Waals surface area contributed by atoms with Crippen molar-refractivity contribution in [3.8, 4) is 5.75 Å². The van der Waals surface area contributed by atoms with Crippen molar-refractivity contribution in [2.45, 2.75) is 50.1 Å². The molecule has 0 spiro atoms. The van der Waals surface area contributed by atoms with Crippen LogP contribution in [0.2, 0.25) is 0 Å². The second kappa shape index (κ2) is 11.9. The zero-order valence-corrected chi connectivity index (χ0v) is 28.6. The quantitative estimate of drug-likeness (QED) is 0.165. The SMILES string of the molecule is CC(C)(c1ccccc1)c1ccc(N(c2ccc(C(C)(C)c3ccccc3)cc2)P2(=S)Oc3ccccc3C3C=CC=CC32)cc1. The first-order valence-corrected chi connectivity index (χ1v) is 18.8. The Balaban J connectivity index is 1.35. The maximum Gasteiger partial charge on any atom is 0.216 e. The summed E-state index contributed by atoms with van der Waals surface area (Å²) in [4.78, 5) is 0. The van der Waals surface area contributed by atoms with Gasteiger partial charge in [-0.1, -0.05) is 155 Å². The number of hydrogen-bond donors (Lipinski definition) is 0. The van der Waals surface area contributed by atoms with Gasteiger partial charge in [-0.2, -0.15) is 0 Å². The summed E-state index contributed by atoms with van der Waals surface area (Å²) in [6.45, 7) is 9.15. The average Bonchev–Trinajstić information content (AvgIpc) is 3.10. The summed E-state index contributed by atoms with van der Waals surface area (Å²) in [5.74, 6) is 1.05. The lowest BCUT2D eigenvalue weighted by Gasteiger charge is -2.46. The molecule has 0 amide bonds. The molecule has 7 rings (SSSR count). The van der Waals surface area contributed by atoms with E-state index in [0.29, 0.717) is 0 Å². The molecule has 0 bridgehead atoms. The normalized spacial score (nSPS) is 20.3. The lowest BCUT2D eigenvalue weighted by molar-refractivity contribution is 0.554. The third kappa shape index (κ3) is 5.26. The Kier molecular flexibility index (Phi) is 7.87. The van der Waals surface area contributed by atoms with Crippen molar-refractivity contribution >= 4 is 29.6 Å². The van der Waals surface area contributed by atoms with Gasteiger partial charge in [0, 0.05) is 33.7 Å². The standard InChI is InChI=1S/C42H40NOPS/c1-41(2,31-15-7-5-8-16-31)33-23-27-35(28-24-33)43(36-29-25-34(26-30-36)42(3,4)32-17-9-6-10-18-32)45(46)40-22-14-12-20-38(40)37-19-11-13-21-39(37)44-45/h5-30,38,40H,1-4H3. The Bertz CT molecular complexity index is 1850. The molecule has 230 valence electrons. The number of benzene rings is 5. The highest BCUT2D eigenvalue weighted by atomic mass is 32.4. The van der Waals surface area contributed by atoms with Crippen LogP contribution in [0.1, 0.15) is 61.4 Å². The molecule has 3 unspecified atom stereocenters. The molecule has 1 heterocycles. The number of nitrogens with zero attached hydrogens (tertiary/aromatic N) is 1. The summed E-state index contributed by atoms with van der Waals surface area (Å²) < 4.78 is 9.41. The van der Waals surface area contributed by atoms with Gasteiger partial charge in [0.1, 0.15) is 5.75 Å². The van der Waals surface area contributed by atoms with Crippen molar-refractivity contribution < 1.29 is 4.52 Å². The molecule has 3 atom stereocenters. The highest BCUT2D eigenvalue weighted by molar-refractivity contribution is 8.13. The predicted octanol–water partition coefficient (Wildman–Crippen LogP) is 11.5. The molecule has 2 nitrogen and oxygen atoms in total. The van der Waals surface area contributed by atoms with Crippen LogP contribution in [0.5, 0.6) is 5.75 Å². The smallest absolute Gasteiger partial charge is 0.216 e. The van der Waals surface area contributed by atoms with Crippen molar-refractivity contribution in [2.75, 3.05) is 4.67 Å². The largest absolute Gasteiger partial charge is 0.447 e. The fraction of sp³-hybridized carbons (Fsp3) is 0.190. The van der Waals surface area contributed by atoms with Gasteiger partial charge >= 0.3 is 0 Å². The second-order valence-electron chi connectivity index (χ2n) is 13.4. The van der Waals surface area contributed by atoms with Gasteiger partial charge in [0.15, 0.2) is 0 Å². The zero-order chi connectivity index (χ0) is 31.9. The van der Waals surface area contributed by atoms with Crippen LogP contribution in [0.3, 0.4) is 0 Å². The molecule has 5 aromatic rings. The summed E-state index contributed by atoms with van der Waals surface area (Å²) in [5, 5.41) is 0. The highest BCUT2D eigenvalue weighted by Crippen LogP contribution is 2.68. The van der Waals surface area contributed by atoms with Gasteiger partial charge in [-0.05, 0) is 64.4 Å². The van der Waals surface area contributed by atoms with Gasteiger partial charge < -0.3 is 4.52 Å². The Hall–Kier alpha value is -4.17. The van der Waals surface area contributed by atoms with Crippen LogP contribution in [-0.2, 0) is 22.6 Å². The van der Waals surface area contributed by atoms with Gasteiger partial charge in [0.2, 0.25) is 6.42 Å². The van der Waals surface area contributed by atoms with Crippen LogP contribution >= 0.6 is 6.42 Å². The Morgan fingerprint density at radius 1 is 0.543 bits per heavy atom. The minimum Gasteiger partial charge on any atom is -0.447 e. The van der Waals surface area contributed by atoms with Crippen LogP contribution in [0.15, 0.2) is 158 Å². The minimum atomic E-state index is -2.73. The molecule has 0 saturated heterocycles. The van der Waals surface area contributed by atoms with E-state index in [1.165, 1.54) is 27.8 Å². The predicted molar refractivity (Wildman–Crippen MR) is 198 cm³/mol. The number of fused-ring (bicyclic) bond motifs is 3. The van der Waals surface area contributed by atoms with Crippen LogP contribution in [0.4, 0.5) is 11.4 Å². The molecular weight excluding hydrogens is 598 g/mol. The molecule has 4 heteroatoms. The fourth-order valence-corrected chi connectivity index (χ4v) is 11.2. The number of allylic oxidation sites excluding steroid dienone is 4. The van der Waals surface area contributed by atoms with Crippen LogP contribution in [0.25, 0.3) is 0 Å². The Labute approximate surface area is 279 Å². The van der Waals surface area contributed by atoms with Crippen molar-refractivity contribution in [1.82, 2.24) is 0 Å². The molecule has 0 fully saturated rings. The first kappa shape index (κ1) is 30.5. The summed E-state index contributed by atoms with van der Waals surface area (Å²) in [6.07, 6.45) is 6.12. The third-order valence-corrected chi connectivity index (χ3v) is 14.1. The van der Waals surface area contributed by atoms with Gasteiger partial charge in [-0.25, -0.2) is 0 Å². The number of anilines is 2. The van der Waals surface area contributed by atoms with E-state index in [0.717, 1.165) is 17.1 Å². The van der Waals surface area contributed by atoms with Crippen LogP contribution in [0, 0.1) is 0 Å². The van der Waals surface area contributed by atoms with E-state index >= 15 is 0 Å². The molecule has 1 aliphatic heterocycles. The van der Waals surface area contributed by atoms with Gasteiger partial charge in [0.05, 0.1) is 5.66 Å². The third-order valence-electron chi connectivity index (χ3n) is 9.93. The molecule has 5 aromatic carbocycles. The lowest BCUT2D eigenvalue weighted by atomic mass is 9.78. The van der Waals surface area contributed by atoms with E-state index < -0.39 is 6.42 Å². The molecule has 46 heavy (non-hydrogen) atoms. The molecular formula is C42H40NOPS.